The lowest BCUT2D eigenvalue weighted by atomic mass is 10.0. The summed E-state index contributed by atoms with van der Waals surface area (Å²) >= 11 is 12.8. The lowest BCUT2D eigenvalue weighted by Crippen LogP contribution is -2.24. The molecule has 1 aliphatic rings. The maximum Gasteiger partial charge on any atom is 0.387 e. The first-order valence-corrected chi connectivity index (χ1v) is 12.9. The molecule has 2 atom stereocenters. The number of rotatable bonds is 12. The van der Waals surface area contributed by atoms with Crippen LogP contribution in [0.4, 0.5) is 8.78 Å². The lowest BCUT2D eigenvalue weighted by Gasteiger charge is -2.24. The number of carbonyl (C=O) groups excluding carboxylic acids is 2. The van der Waals surface area contributed by atoms with Crippen molar-refractivity contribution in [2.75, 3.05) is 6.61 Å². The minimum Gasteiger partial charge on any atom is -0.489 e. The van der Waals surface area contributed by atoms with E-state index in [9.17, 15) is 18.4 Å². The molecule has 0 spiro atoms. The third-order valence-corrected chi connectivity index (χ3v) is 6.65. The molecule has 0 unspecified atom stereocenters. The van der Waals surface area contributed by atoms with Crippen molar-refractivity contribution in [3.8, 4) is 11.5 Å². The number of esters is 2. The number of aromatic amines is 1. The number of alkyl halides is 2. The number of aromatic nitrogens is 1. The number of ether oxygens (including phenoxy) is 4. The highest BCUT2D eigenvalue weighted by Gasteiger charge is 2.31. The van der Waals surface area contributed by atoms with Crippen molar-refractivity contribution in [1.82, 2.24) is 0 Å². The molecule has 206 valence electrons. The SMILES string of the molecule is CC(=O)O[C@H](C(=O)O[C@@H](Cc1c(Cl)c[nH+]cc1Cl)c1ccc(OC(F)F)c(OCC2CC2)c1)c1ccccc1. The fraction of sp³-hybridized carbons (Fsp3) is 0.321. The van der Waals surface area contributed by atoms with Gasteiger partial charge in [-0.3, -0.25) is 4.79 Å². The van der Waals surface area contributed by atoms with Gasteiger partial charge in [0.2, 0.25) is 6.10 Å². The number of hydrogen-bond acceptors (Lipinski definition) is 6. The molecule has 1 aliphatic carbocycles. The smallest absolute Gasteiger partial charge is 0.387 e. The third kappa shape index (κ3) is 8.03. The molecule has 1 aromatic heterocycles. The fourth-order valence-electron chi connectivity index (χ4n) is 3.86. The lowest BCUT2D eigenvalue weighted by molar-refractivity contribution is -0.377. The quantitative estimate of drug-likeness (QED) is 0.233. The first-order valence-electron chi connectivity index (χ1n) is 12.2. The van der Waals surface area contributed by atoms with E-state index < -0.39 is 30.8 Å². The number of benzene rings is 2. The summed E-state index contributed by atoms with van der Waals surface area (Å²) in [6.45, 7) is -1.53. The van der Waals surface area contributed by atoms with Gasteiger partial charge in [0.1, 0.15) is 16.1 Å². The van der Waals surface area contributed by atoms with Crippen LogP contribution in [-0.2, 0) is 25.5 Å². The zero-order valence-electron chi connectivity index (χ0n) is 20.9. The van der Waals surface area contributed by atoms with E-state index in [2.05, 4.69) is 9.72 Å². The van der Waals surface area contributed by atoms with Crippen molar-refractivity contribution >= 4 is 35.1 Å². The predicted molar refractivity (Wildman–Crippen MR) is 138 cm³/mol. The van der Waals surface area contributed by atoms with Crippen molar-refractivity contribution in [3.63, 3.8) is 0 Å². The average Bonchev–Trinajstić information content (AvgIpc) is 3.73. The standard InChI is InChI=1S/C28H25Cl2F2NO6/c1-16(34)37-26(18-5-3-2-4-6-18)27(35)38-24(12-20-21(29)13-33-14-22(20)30)19-9-10-23(39-28(31)32)25(11-19)36-15-17-7-8-17/h2-6,9-11,13-14,17,24,26,28H,7-8,12,15H2,1H3/p+1/t24-,26-/m0/s1. The van der Waals surface area contributed by atoms with Crippen LogP contribution in [0, 0.1) is 5.92 Å². The van der Waals surface area contributed by atoms with Crippen molar-refractivity contribution in [2.45, 2.75) is 45.0 Å². The predicted octanol–water partition coefficient (Wildman–Crippen LogP) is 6.33. The van der Waals surface area contributed by atoms with Crippen LogP contribution in [0.15, 0.2) is 60.9 Å². The molecule has 1 heterocycles. The summed E-state index contributed by atoms with van der Waals surface area (Å²) < 4.78 is 47.7. The van der Waals surface area contributed by atoms with E-state index in [-0.39, 0.29) is 17.9 Å². The molecule has 2 aromatic carbocycles. The minimum absolute atomic E-state index is 0.0246. The zero-order chi connectivity index (χ0) is 27.9. The number of H-pyrrole nitrogens is 1. The van der Waals surface area contributed by atoms with Crippen LogP contribution >= 0.6 is 23.2 Å². The highest BCUT2D eigenvalue weighted by atomic mass is 35.5. The summed E-state index contributed by atoms with van der Waals surface area (Å²) in [6, 6.07) is 12.7. The van der Waals surface area contributed by atoms with Crippen LogP contribution in [0.2, 0.25) is 10.0 Å². The number of halogens is 4. The monoisotopic (exact) mass is 580 g/mol. The van der Waals surface area contributed by atoms with Gasteiger partial charge in [-0.05, 0) is 36.5 Å². The van der Waals surface area contributed by atoms with Crippen molar-refractivity contribution in [2.24, 2.45) is 5.92 Å². The van der Waals surface area contributed by atoms with Crippen LogP contribution in [0.25, 0.3) is 0 Å². The van der Waals surface area contributed by atoms with Crippen molar-refractivity contribution < 1.29 is 42.3 Å². The topological polar surface area (TPSA) is 85.2 Å². The molecule has 3 aromatic rings. The Kier molecular flexibility index (Phi) is 9.59. The zero-order valence-corrected chi connectivity index (χ0v) is 22.4. The van der Waals surface area contributed by atoms with Gasteiger partial charge in [-0.1, -0.05) is 59.6 Å². The summed E-state index contributed by atoms with van der Waals surface area (Å²) in [5.74, 6) is -1.24. The number of hydrogen-bond donors (Lipinski definition) is 0. The van der Waals surface area contributed by atoms with Gasteiger partial charge >= 0.3 is 18.6 Å². The second kappa shape index (κ2) is 13.1. The van der Waals surface area contributed by atoms with Crippen LogP contribution in [-0.4, -0.2) is 25.2 Å². The van der Waals surface area contributed by atoms with Gasteiger partial charge in [0.15, 0.2) is 23.9 Å². The van der Waals surface area contributed by atoms with E-state index in [4.69, 9.17) is 37.4 Å². The molecule has 1 saturated carbocycles. The first-order chi connectivity index (χ1) is 18.7. The van der Waals surface area contributed by atoms with Crippen LogP contribution in [0.5, 0.6) is 11.5 Å². The molecule has 0 bridgehead atoms. The van der Waals surface area contributed by atoms with E-state index >= 15 is 0 Å². The number of nitrogens with one attached hydrogen (secondary N) is 1. The van der Waals surface area contributed by atoms with Gasteiger partial charge < -0.3 is 18.9 Å². The Bertz CT molecular complexity index is 1290. The summed E-state index contributed by atoms with van der Waals surface area (Å²) in [7, 11) is 0. The van der Waals surface area contributed by atoms with Crippen LogP contribution < -0.4 is 14.5 Å². The van der Waals surface area contributed by atoms with E-state index in [0.717, 1.165) is 12.8 Å². The van der Waals surface area contributed by atoms with Gasteiger partial charge in [-0.2, -0.15) is 8.78 Å². The molecule has 0 aliphatic heterocycles. The van der Waals surface area contributed by atoms with E-state index in [1.165, 1.54) is 37.5 Å². The molecule has 0 amide bonds. The first kappa shape index (κ1) is 28.6. The molecule has 0 saturated heterocycles. The summed E-state index contributed by atoms with van der Waals surface area (Å²) in [4.78, 5) is 28.0. The Balaban J connectivity index is 1.70. The Morgan fingerprint density at radius 2 is 1.67 bits per heavy atom. The normalized spacial score (nSPS) is 14.4. The molecule has 1 fully saturated rings. The second-order valence-corrected chi connectivity index (χ2v) is 9.81. The number of carbonyl (C=O) groups is 2. The highest BCUT2D eigenvalue weighted by molar-refractivity contribution is 6.35. The molecule has 0 radical (unpaired) electrons. The molecule has 4 rings (SSSR count). The van der Waals surface area contributed by atoms with Crippen molar-refractivity contribution in [1.29, 1.82) is 0 Å². The Hall–Kier alpha value is -3.43. The fourth-order valence-corrected chi connectivity index (χ4v) is 4.39. The maximum absolute atomic E-state index is 13.4. The van der Waals surface area contributed by atoms with Crippen molar-refractivity contribution in [3.05, 3.63) is 87.7 Å². The van der Waals surface area contributed by atoms with Crippen LogP contribution in [0.3, 0.4) is 0 Å². The Morgan fingerprint density at radius 3 is 2.28 bits per heavy atom. The molecule has 11 heteroatoms. The van der Waals surface area contributed by atoms with Crippen LogP contribution in [0.1, 0.15) is 48.7 Å². The van der Waals surface area contributed by atoms with E-state index in [1.54, 1.807) is 30.3 Å². The summed E-state index contributed by atoms with van der Waals surface area (Å²) in [6.07, 6.45) is 2.70. The molecule has 1 N–H and O–H groups in total. The molecule has 39 heavy (non-hydrogen) atoms. The van der Waals surface area contributed by atoms with Gasteiger partial charge in [0.25, 0.3) is 0 Å². The van der Waals surface area contributed by atoms with Gasteiger partial charge in [0, 0.05) is 24.5 Å². The molecular weight excluding hydrogens is 555 g/mol. The molecule has 7 nitrogen and oxygen atoms in total. The maximum atomic E-state index is 13.4. The largest absolute Gasteiger partial charge is 0.489 e. The summed E-state index contributed by atoms with van der Waals surface area (Å²) in [5.41, 5.74) is 1.30. The highest BCUT2D eigenvalue weighted by Crippen LogP contribution is 2.38. The number of pyridine rings is 1. The van der Waals surface area contributed by atoms with Gasteiger partial charge in [-0.25, -0.2) is 9.78 Å². The molecular formula is C28H26Cl2F2NO6+. The second-order valence-electron chi connectivity index (χ2n) is 9.00. The average molecular weight is 581 g/mol. The van der Waals surface area contributed by atoms with Gasteiger partial charge in [0.05, 0.1) is 6.61 Å². The Labute approximate surface area is 233 Å². The van der Waals surface area contributed by atoms with E-state index in [0.29, 0.717) is 39.3 Å². The Morgan fingerprint density at radius 1 is 0.974 bits per heavy atom. The third-order valence-electron chi connectivity index (χ3n) is 5.97. The van der Waals surface area contributed by atoms with Gasteiger partial charge in [-0.15, -0.1) is 0 Å². The summed E-state index contributed by atoms with van der Waals surface area (Å²) in [5, 5.41) is 0.594. The van der Waals surface area contributed by atoms with E-state index in [1.807, 2.05) is 0 Å². The minimum atomic E-state index is -3.05.